The van der Waals surface area contributed by atoms with Gasteiger partial charge in [-0.3, -0.25) is 4.79 Å². The minimum Gasteiger partial charge on any atom is -0.390 e. The van der Waals surface area contributed by atoms with Gasteiger partial charge in [0.2, 0.25) is 5.91 Å². The standard InChI is InChI=1S/C8H13NO3/c9-8(12)2-1-5-3-6(10)7(11)4-5/h1-2,5-7,10-11H,3-4H2,(H2,9,12)/b2-1+/t5?,6-,7+. The summed E-state index contributed by atoms with van der Waals surface area (Å²) in [5.41, 5.74) is 4.89. The van der Waals surface area contributed by atoms with Crippen LogP contribution in [-0.2, 0) is 4.79 Å². The topological polar surface area (TPSA) is 83.6 Å². The van der Waals surface area contributed by atoms with Gasteiger partial charge in [0.15, 0.2) is 0 Å². The van der Waals surface area contributed by atoms with Crippen LogP contribution in [0.15, 0.2) is 12.2 Å². The number of carbonyl (C=O) groups excluding carboxylic acids is 1. The normalized spacial score (nSPS) is 36.0. The Morgan fingerprint density at radius 3 is 2.25 bits per heavy atom. The molecule has 68 valence electrons. The molecule has 1 amide bonds. The molecule has 0 aromatic heterocycles. The van der Waals surface area contributed by atoms with Crippen LogP contribution in [0.1, 0.15) is 12.8 Å². The van der Waals surface area contributed by atoms with Gasteiger partial charge in [0.05, 0.1) is 12.2 Å². The van der Waals surface area contributed by atoms with Gasteiger partial charge in [-0.05, 0) is 24.8 Å². The predicted molar refractivity (Wildman–Crippen MR) is 43.1 cm³/mol. The first-order valence-corrected chi connectivity index (χ1v) is 3.93. The number of aliphatic hydroxyl groups is 2. The monoisotopic (exact) mass is 171 g/mol. The van der Waals surface area contributed by atoms with Crippen LogP contribution in [0.5, 0.6) is 0 Å². The van der Waals surface area contributed by atoms with Gasteiger partial charge in [-0.1, -0.05) is 6.08 Å². The molecule has 1 saturated carbocycles. The molecular formula is C8H13NO3. The highest BCUT2D eigenvalue weighted by Gasteiger charge is 2.29. The van der Waals surface area contributed by atoms with E-state index in [1.165, 1.54) is 6.08 Å². The van der Waals surface area contributed by atoms with E-state index in [4.69, 9.17) is 15.9 Å². The van der Waals surface area contributed by atoms with Crippen molar-refractivity contribution in [2.45, 2.75) is 25.0 Å². The van der Waals surface area contributed by atoms with Crippen molar-refractivity contribution in [2.24, 2.45) is 11.7 Å². The molecule has 1 unspecified atom stereocenters. The summed E-state index contributed by atoms with van der Waals surface area (Å²) in [6.07, 6.45) is 2.60. The molecule has 0 aromatic rings. The third kappa shape index (κ3) is 2.32. The summed E-state index contributed by atoms with van der Waals surface area (Å²) in [7, 11) is 0. The molecule has 1 fully saturated rings. The maximum absolute atomic E-state index is 10.3. The van der Waals surface area contributed by atoms with E-state index in [0.29, 0.717) is 12.8 Å². The minimum atomic E-state index is -0.660. The molecule has 0 saturated heterocycles. The van der Waals surface area contributed by atoms with Crippen molar-refractivity contribution in [3.8, 4) is 0 Å². The number of nitrogens with two attached hydrogens (primary N) is 1. The summed E-state index contributed by atoms with van der Waals surface area (Å²) in [5, 5.41) is 18.3. The lowest BCUT2D eigenvalue weighted by molar-refractivity contribution is -0.113. The second-order valence-electron chi connectivity index (χ2n) is 3.13. The van der Waals surface area contributed by atoms with Gasteiger partial charge in [0.1, 0.15) is 0 Å². The van der Waals surface area contributed by atoms with Crippen LogP contribution >= 0.6 is 0 Å². The van der Waals surface area contributed by atoms with E-state index in [2.05, 4.69) is 0 Å². The lowest BCUT2D eigenvalue weighted by Gasteiger charge is -2.03. The van der Waals surface area contributed by atoms with E-state index in [0.717, 1.165) is 0 Å². The molecule has 1 aliphatic rings. The maximum atomic E-state index is 10.3. The minimum absolute atomic E-state index is 0.0718. The fraction of sp³-hybridized carbons (Fsp3) is 0.625. The van der Waals surface area contributed by atoms with Gasteiger partial charge >= 0.3 is 0 Å². The second kappa shape index (κ2) is 3.69. The van der Waals surface area contributed by atoms with Crippen molar-refractivity contribution in [1.29, 1.82) is 0 Å². The fourth-order valence-electron chi connectivity index (χ4n) is 1.42. The van der Waals surface area contributed by atoms with E-state index < -0.39 is 18.1 Å². The van der Waals surface area contributed by atoms with E-state index in [9.17, 15) is 4.79 Å². The van der Waals surface area contributed by atoms with Gasteiger partial charge < -0.3 is 15.9 Å². The summed E-state index contributed by atoms with van der Waals surface area (Å²) >= 11 is 0. The zero-order chi connectivity index (χ0) is 9.14. The number of primary amides is 1. The molecule has 1 aliphatic carbocycles. The van der Waals surface area contributed by atoms with Crippen LogP contribution in [-0.4, -0.2) is 28.3 Å². The Bertz CT molecular complexity index is 192. The maximum Gasteiger partial charge on any atom is 0.241 e. The Kier molecular flexibility index (Phi) is 2.83. The van der Waals surface area contributed by atoms with Gasteiger partial charge in [-0.25, -0.2) is 0 Å². The molecule has 0 spiro atoms. The number of hydrogen-bond donors (Lipinski definition) is 3. The fourth-order valence-corrected chi connectivity index (χ4v) is 1.42. The molecule has 1 rings (SSSR count). The van der Waals surface area contributed by atoms with Gasteiger partial charge in [0.25, 0.3) is 0 Å². The number of hydrogen-bond acceptors (Lipinski definition) is 3. The van der Waals surface area contributed by atoms with E-state index in [1.54, 1.807) is 6.08 Å². The molecule has 12 heavy (non-hydrogen) atoms. The Morgan fingerprint density at radius 1 is 1.33 bits per heavy atom. The van der Waals surface area contributed by atoms with Crippen molar-refractivity contribution in [2.75, 3.05) is 0 Å². The number of carbonyl (C=O) groups is 1. The largest absolute Gasteiger partial charge is 0.390 e. The number of allylic oxidation sites excluding steroid dienone is 1. The highest BCUT2D eigenvalue weighted by molar-refractivity contribution is 5.85. The number of aliphatic hydroxyl groups excluding tert-OH is 2. The molecule has 4 heteroatoms. The van der Waals surface area contributed by atoms with Crippen LogP contribution < -0.4 is 5.73 Å². The third-order valence-electron chi connectivity index (χ3n) is 2.07. The molecule has 0 aliphatic heterocycles. The van der Waals surface area contributed by atoms with Crippen molar-refractivity contribution >= 4 is 5.91 Å². The van der Waals surface area contributed by atoms with Gasteiger partial charge in [-0.15, -0.1) is 0 Å². The average molecular weight is 171 g/mol. The summed E-state index contributed by atoms with van der Waals surface area (Å²) in [5.74, 6) is -0.423. The van der Waals surface area contributed by atoms with Crippen LogP contribution in [0, 0.1) is 5.92 Å². The van der Waals surface area contributed by atoms with Crippen molar-refractivity contribution in [3.05, 3.63) is 12.2 Å². The van der Waals surface area contributed by atoms with E-state index in [1.807, 2.05) is 0 Å². The molecule has 0 heterocycles. The first-order valence-electron chi connectivity index (χ1n) is 3.93. The smallest absolute Gasteiger partial charge is 0.241 e. The summed E-state index contributed by atoms with van der Waals surface area (Å²) in [6, 6.07) is 0. The van der Waals surface area contributed by atoms with Crippen LogP contribution in [0.25, 0.3) is 0 Å². The highest BCUT2D eigenvalue weighted by atomic mass is 16.3. The number of rotatable bonds is 2. The van der Waals surface area contributed by atoms with Gasteiger partial charge in [0, 0.05) is 0 Å². The zero-order valence-electron chi connectivity index (χ0n) is 6.68. The van der Waals surface area contributed by atoms with Crippen molar-refractivity contribution < 1.29 is 15.0 Å². The van der Waals surface area contributed by atoms with Gasteiger partial charge in [-0.2, -0.15) is 0 Å². The zero-order valence-corrected chi connectivity index (χ0v) is 6.68. The first-order chi connectivity index (χ1) is 5.59. The van der Waals surface area contributed by atoms with Crippen molar-refractivity contribution in [1.82, 2.24) is 0 Å². The highest BCUT2D eigenvalue weighted by Crippen LogP contribution is 2.26. The van der Waals surface area contributed by atoms with Crippen LogP contribution in [0.3, 0.4) is 0 Å². The lowest BCUT2D eigenvalue weighted by atomic mass is 10.1. The Labute approximate surface area is 70.7 Å². The second-order valence-corrected chi connectivity index (χ2v) is 3.13. The molecule has 0 radical (unpaired) electrons. The molecule has 4 nitrogen and oxygen atoms in total. The average Bonchev–Trinajstić information content (AvgIpc) is 2.28. The Hall–Kier alpha value is -0.870. The molecule has 0 bridgehead atoms. The van der Waals surface area contributed by atoms with Crippen LogP contribution in [0.2, 0.25) is 0 Å². The molecular weight excluding hydrogens is 158 g/mol. The van der Waals surface area contributed by atoms with Crippen LogP contribution in [0.4, 0.5) is 0 Å². The third-order valence-corrected chi connectivity index (χ3v) is 2.07. The summed E-state index contributed by atoms with van der Waals surface area (Å²) in [4.78, 5) is 10.3. The van der Waals surface area contributed by atoms with E-state index in [-0.39, 0.29) is 5.92 Å². The van der Waals surface area contributed by atoms with Crippen molar-refractivity contribution in [3.63, 3.8) is 0 Å². The predicted octanol–water partition coefficient (Wildman–Crippen LogP) is -0.840. The summed E-state index contributed by atoms with van der Waals surface area (Å²) < 4.78 is 0. The SMILES string of the molecule is NC(=O)/C=C/C1C[C@@H](O)[C@@H](O)C1. The molecule has 3 atom stereocenters. The summed E-state index contributed by atoms with van der Waals surface area (Å²) in [6.45, 7) is 0. The molecule has 0 aromatic carbocycles. The first kappa shape index (κ1) is 9.22. The Balaban J connectivity index is 2.42. The Morgan fingerprint density at radius 2 is 1.83 bits per heavy atom. The van der Waals surface area contributed by atoms with E-state index >= 15 is 0 Å². The number of amides is 1. The molecule has 4 N–H and O–H groups in total. The quantitative estimate of drug-likeness (QED) is 0.474. The lowest BCUT2D eigenvalue weighted by Crippen LogP contribution is -2.17.